The number of benzene rings is 8. The Morgan fingerprint density at radius 2 is 0.319 bits per heavy atom. The molecule has 0 saturated heterocycles. The molecule has 0 aliphatic rings. The zero-order chi connectivity index (χ0) is 80.5. The number of carbonyl (C=O) groups is 1. The molecule has 13 nitrogen and oxygen atoms in total. The molecule has 0 spiro atoms. The van der Waals surface area contributed by atoms with Crippen LogP contribution in [0.4, 0.5) is 17.5 Å². The summed E-state index contributed by atoms with van der Waals surface area (Å²) in [5.41, 5.74) is 16.8. The molecule has 0 radical (unpaired) electrons. The van der Waals surface area contributed by atoms with E-state index in [-0.39, 0.29) is 39.9 Å². The van der Waals surface area contributed by atoms with Crippen molar-refractivity contribution in [1.29, 1.82) is 0 Å². The third kappa shape index (κ3) is 25.7. The van der Waals surface area contributed by atoms with Crippen LogP contribution in [0, 0.1) is 0 Å². The van der Waals surface area contributed by atoms with Crippen molar-refractivity contribution in [3.05, 3.63) is 496 Å². The molecule has 0 unspecified atom stereocenters. The molecule has 0 fully saturated rings. The number of hydrogen-bond donors (Lipinski definition) is 0. The summed E-state index contributed by atoms with van der Waals surface area (Å²) in [7, 11) is 0. The van der Waals surface area contributed by atoms with E-state index in [1.165, 1.54) is 57.5 Å². The number of anilines is 3. The first-order chi connectivity index (χ1) is 57.8. The molecule has 596 valence electrons. The van der Waals surface area contributed by atoms with Crippen molar-refractivity contribution in [3.63, 3.8) is 0 Å². The van der Waals surface area contributed by atoms with E-state index >= 15 is 0 Å². The van der Waals surface area contributed by atoms with Crippen LogP contribution in [0.25, 0.3) is 0 Å². The number of carbonyl (C=O) groups excluding carboxylic acids is 1. The van der Waals surface area contributed by atoms with Crippen LogP contribution in [0.2, 0.25) is 0 Å². The fraction of sp³-hybridized carbons (Fsp3) is 0.0784. The second kappa shape index (κ2) is 48.0. The van der Waals surface area contributed by atoms with Gasteiger partial charge in [-0.05, 0) is 123 Å². The molecule has 0 atom stereocenters. The van der Waals surface area contributed by atoms with E-state index in [4.69, 9.17) is 0 Å². The summed E-state index contributed by atoms with van der Waals surface area (Å²) in [6.45, 7) is 7.27. The maximum atomic E-state index is 9.44. The van der Waals surface area contributed by atoms with Gasteiger partial charge in [-0.3, -0.25) is 29.9 Å². The van der Waals surface area contributed by atoms with Gasteiger partial charge in [-0.2, -0.15) is 43.7 Å². The van der Waals surface area contributed by atoms with Gasteiger partial charge in [-0.1, -0.05) is 297 Å². The number of rotatable bonds is 23. The van der Waals surface area contributed by atoms with Gasteiger partial charge in [-0.25, -0.2) is 15.0 Å². The fourth-order valence-electron chi connectivity index (χ4n) is 14.6. The number of pyridine rings is 9. The van der Waals surface area contributed by atoms with Crippen LogP contribution in [-0.4, -0.2) is 62.9 Å². The van der Waals surface area contributed by atoms with Gasteiger partial charge < -0.3 is 19.5 Å². The molecule has 0 amide bonds. The van der Waals surface area contributed by atoms with Crippen LogP contribution in [-0.2, 0) is 78.2 Å². The average Bonchev–Trinajstić information content (AvgIpc) is 0.743. The Balaban J connectivity index is 0.000000154. The Morgan fingerprint density at radius 1 is 0.193 bits per heavy atom. The molecule has 9 aromatic heterocycles. The number of Topliss-reactive ketones (excluding diaryl/α,β-unsaturated/α-hetero) is 1. The fourth-order valence-corrected chi connectivity index (χ4v) is 14.6. The van der Waals surface area contributed by atoms with Gasteiger partial charge >= 0.3 is 34.1 Å². The Morgan fingerprint density at radius 3 is 0.437 bits per heavy atom. The van der Waals surface area contributed by atoms with Crippen LogP contribution in [0.15, 0.2) is 462 Å². The Labute approximate surface area is 722 Å². The van der Waals surface area contributed by atoms with Crippen molar-refractivity contribution in [2.45, 2.75) is 53.1 Å². The maximum absolute atomic E-state index is 9.44. The summed E-state index contributed by atoms with van der Waals surface area (Å²) in [4.78, 5) is 55.7. The largest absolute Gasteiger partial charge is 1.00 e. The number of hydrogen-bond acceptors (Lipinski definition) is 13. The third-order valence-electron chi connectivity index (χ3n) is 19.8. The summed E-state index contributed by atoms with van der Waals surface area (Å²) < 4.78 is 0. The molecule has 8 aromatic carbocycles. The summed E-state index contributed by atoms with van der Waals surface area (Å²) in [5, 5.41) is 0. The van der Waals surface area contributed by atoms with Crippen LogP contribution in [0.1, 0.15) is 48.0 Å². The minimum absolute atomic E-state index is 0. The van der Waals surface area contributed by atoms with Gasteiger partial charge in [-0.15, -0.1) is 0 Å². The molecule has 17 heteroatoms. The van der Waals surface area contributed by atoms with E-state index in [0.717, 1.165) is 51.6 Å². The van der Waals surface area contributed by atoms with Gasteiger partial charge in [0.05, 0.1) is 73.4 Å². The van der Waals surface area contributed by atoms with Gasteiger partial charge in [0.25, 0.3) is 0 Å². The number of aromatic nitrogens is 9. The Kier molecular flexibility index (Phi) is 35.4. The summed E-state index contributed by atoms with van der Waals surface area (Å²) in [5.74, 6) is 2.94. The quantitative estimate of drug-likeness (QED) is 0.0561. The monoisotopic (exact) mass is 1650 g/mol. The van der Waals surface area contributed by atoms with Crippen molar-refractivity contribution < 1.29 is 38.9 Å². The molecule has 17 aromatic rings. The van der Waals surface area contributed by atoms with Crippen LogP contribution in [0.5, 0.6) is 0 Å². The minimum Gasteiger partial charge on any atom is -0.345 e. The third-order valence-corrected chi connectivity index (χ3v) is 19.8. The molecule has 119 heavy (non-hydrogen) atoms. The normalized spacial score (nSPS) is 10.4. The zero-order valence-corrected chi connectivity index (χ0v) is 68.5. The Hall–Kier alpha value is -13.7. The molecular formula is C102H94B2Cu2N12O. The van der Waals surface area contributed by atoms with Crippen molar-refractivity contribution in [1.82, 2.24) is 44.9 Å². The minimum atomic E-state index is -1.22. The van der Waals surface area contributed by atoms with E-state index in [1.807, 2.05) is 201 Å². The van der Waals surface area contributed by atoms with Crippen molar-refractivity contribution in [2.24, 2.45) is 0 Å². The first-order valence-electron chi connectivity index (χ1n) is 39.4. The van der Waals surface area contributed by atoms with Crippen molar-refractivity contribution in [3.8, 4) is 0 Å². The molecule has 0 aliphatic carbocycles. The zero-order valence-electron chi connectivity index (χ0n) is 66.7. The number of ketones is 1. The van der Waals surface area contributed by atoms with Crippen molar-refractivity contribution in [2.75, 3.05) is 14.7 Å². The average molecular weight is 1650 g/mol. The van der Waals surface area contributed by atoms with E-state index in [1.54, 1.807) is 18.6 Å². The number of nitrogens with zero attached hydrogens (tertiary/aromatic N) is 12. The molecule has 0 N–H and O–H groups in total. The summed E-state index contributed by atoms with van der Waals surface area (Å²) in [6.07, 6.45) is 13.9. The standard InChI is InChI=1S/2C24H20B.3C17H16N4.C3H6O.2Cu/c2*1-5-13-21(14-6-1)25(22-15-7-2-8-16-22,23-17-9-3-10-18-23)24-19-11-4-12-20-24;3*1-4-10-18-15(7-1)13-21(17-9-3-6-12-20-17)14-16-8-2-5-11-19-16;1-3(2)4;;/h2*1-20H;3*1-12H,13-14H2;1-2H3;;/q2*-1;;;;;2*+1. The van der Waals surface area contributed by atoms with Gasteiger partial charge in [0.1, 0.15) is 35.5 Å². The second-order valence-electron chi connectivity index (χ2n) is 28.0. The van der Waals surface area contributed by atoms with Gasteiger partial charge in [0.2, 0.25) is 0 Å². The van der Waals surface area contributed by atoms with Gasteiger partial charge in [0, 0.05) is 55.8 Å². The maximum Gasteiger partial charge on any atom is 1.00 e. The molecule has 17 rings (SSSR count). The molecule has 9 heterocycles. The summed E-state index contributed by atoms with van der Waals surface area (Å²) in [6, 6.07) is 140. The first-order valence-corrected chi connectivity index (χ1v) is 39.4. The van der Waals surface area contributed by atoms with E-state index in [9.17, 15) is 4.79 Å². The van der Waals surface area contributed by atoms with Crippen LogP contribution < -0.4 is 58.4 Å². The molecule has 0 saturated carbocycles. The predicted molar refractivity (Wildman–Crippen MR) is 484 cm³/mol. The second-order valence-corrected chi connectivity index (χ2v) is 28.0. The Bertz CT molecular complexity index is 4640. The smallest absolute Gasteiger partial charge is 0.345 e. The van der Waals surface area contributed by atoms with E-state index < -0.39 is 12.3 Å². The van der Waals surface area contributed by atoms with Crippen molar-refractivity contribution >= 4 is 79.2 Å². The van der Waals surface area contributed by atoms with Gasteiger partial charge in [0.15, 0.2) is 0 Å². The van der Waals surface area contributed by atoms with Crippen LogP contribution in [0.3, 0.4) is 0 Å². The summed E-state index contributed by atoms with van der Waals surface area (Å²) >= 11 is 0. The topological polar surface area (TPSA) is 143 Å². The molecule has 0 aliphatic heterocycles. The van der Waals surface area contributed by atoms with Crippen LogP contribution >= 0.6 is 0 Å². The SMILES string of the molecule is CC(C)=O.[Cu+].[Cu+].c1ccc(CN(Cc2ccccn2)c2ccccn2)nc1.c1ccc(CN(Cc2ccccn2)c2ccccn2)nc1.c1ccc(CN(Cc2ccccn2)c2ccccn2)nc1.c1ccc([B-](c2ccccc2)(c2ccccc2)c2ccccc2)cc1.c1ccc([B-](c2ccccc2)(c2ccccc2)c2ccccc2)cc1. The molecule has 0 bridgehead atoms. The van der Waals surface area contributed by atoms with E-state index in [0.29, 0.717) is 39.3 Å². The predicted octanol–water partition coefficient (Wildman–Crippen LogP) is 16.0. The first kappa shape index (κ1) is 87.7. The van der Waals surface area contributed by atoms with E-state index in [2.05, 4.69) is 302 Å². The molecular weight excluding hydrogens is 1560 g/mol.